The first-order chi connectivity index (χ1) is 4.81. The first-order valence-electron chi connectivity index (χ1n) is 3.36. The summed E-state index contributed by atoms with van der Waals surface area (Å²) in [6.07, 6.45) is 7.64. The summed E-state index contributed by atoms with van der Waals surface area (Å²) < 4.78 is 0. The second-order valence-electron chi connectivity index (χ2n) is 2.16. The molecule has 1 unspecified atom stereocenters. The van der Waals surface area contributed by atoms with Crippen LogP contribution in [0.2, 0.25) is 0 Å². The summed E-state index contributed by atoms with van der Waals surface area (Å²) in [6, 6.07) is 0. The number of hydrogen-bond donors (Lipinski definition) is 1. The van der Waals surface area contributed by atoms with Crippen LogP contribution >= 0.6 is 0 Å². The highest BCUT2D eigenvalue weighted by Gasteiger charge is 1.99. The first-order valence-corrected chi connectivity index (χ1v) is 3.36. The average molecular weight is 140 g/mol. The highest BCUT2D eigenvalue weighted by molar-refractivity contribution is 5.48. The van der Waals surface area contributed by atoms with Gasteiger partial charge in [-0.3, -0.25) is 0 Å². The van der Waals surface area contributed by atoms with E-state index in [1.807, 2.05) is 0 Å². The van der Waals surface area contributed by atoms with Gasteiger partial charge in [0.15, 0.2) is 0 Å². The Morgan fingerprint density at radius 2 is 2.40 bits per heavy atom. The smallest absolute Gasteiger partial charge is 0.119 e. The summed E-state index contributed by atoms with van der Waals surface area (Å²) in [5.74, 6) is 2.36. The van der Waals surface area contributed by atoms with Gasteiger partial charge in [-0.1, -0.05) is 0 Å². The lowest BCUT2D eigenvalue weighted by molar-refractivity contribution is -0.108. The Morgan fingerprint density at radius 3 is 2.90 bits per heavy atom. The van der Waals surface area contributed by atoms with Gasteiger partial charge < -0.3 is 9.90 Å². The topological polar surface area (TPSA) is 37.3 Å². The molecule has 2 heteroatoms. The third-order valence-electron chi connectivity index (χ3n) is 1.21. The molecule has 2 nitrogen and oxygen atoms in total. The Kier molecular flexibility index (Phi) is 5.80. The van der Waals surface area contributed by atoms with Crippen molar-refractivity contribution in [3.63, 3.8) is 0 Å². The van der Waals surface area contributed by atoms with Crippen molar-refractivity contribution >= 4 is 6.29 Å². The molecule has 0 aliphatic carbocycles. The number of aldehydes is 1. The maximum atomic E-state index is 9.82. The van der Waals surface area contributed by atoms with Crippen molar-refractivity contribution in [2.24, 2.45) is 0 Å². The van der Waals surface area contributed by atoms with Gasteiger partial charge >= 0.3 is 0 Å². The molecule has 0 spiro atoms. The fourth-order valence-corrected chi connectivity index (χ4v) is 0.675. The Hall–Kier alpha value is -0.810. The Bertz CT molecular complexity index is 124. The lowest BCUT2D eigenvalue weighted by Crippen LogP contribution is -2.04. The predicted octanol–water partition coefficient (Wildman–Crippen LogP) is 0.740. The van der Waals surface area contributed by atoms with Crippen molar-refractivity contribution in [3.05, 3.63) is 0 Å². The molecule has 0 radical (unpaired) electrons. The van der Waals surface area contributed by atoms with Crippen LogP contribution in [0.3, 0.4) is 0 Å². The second kappa shape index (κ2) is 6.31. The van der Waals surface area contributed by atoms with Gasteiger partial charge in [0.05, 0.1) is 6.10 Å². The summed E-state index contributed by atoms with van der Waals surface area (Å²) in [5, 5.41) is 9.02. The van der Waals surface area contributed by atoms with E-state index in [2.05, 4.69) is 5.92 Å². The fourth-order valence-electron chi connectivity index (χ4n) is 0.675. The van der Waals surface area contributed by atoms with Gasteiger partial charge in [-0.2, -0.15) is 0 Å². The summed E-state index contributed by atoms with van der Waals surface area (Å²) in [5.41, 5.74) is 0. The van der Waals surface area contributed by atoms with E-state index >= 15 is 0 Å². The van der Waals surface area contributed by atoms with Gasteiger partial charge in [-0.05, 0) is 12.8 Å². The number of rotatable bonds is 5. The number of carbonyl (C=O) groups is 1. The van der Waals surface area contributed by atoms with Crippen LogP contribution in [0, 0.1) is 12.3 Å². The summed E-state index contributed by atoms with van der Waals surface area (Å²) in [4.78, 5) is 9.82. The van der Waals surface area contributed by atoms with Crippen molar-refractivity contribution in [1.82, 2.24) is 0 Å². The maximum Gasteiger partial charge on any atom is 0.119 e. The quantitative estimate of drug-likeness (QED) is 0.347. The minimum absolute atomic E-state index is 0.388. The number of carbonyl (C=O) groups excluding carboxylic acids is 1. The van der Waals surface area contributed by atoms with Gasteiger partial charge in [-0.15, -0.1) is 12.3 Å². The van der Waals surface area contributed by atoms with Crippen LogP contribution in [0.4, 0.5) is 0 Å². The number of hydrogen-bond acceptors (Lipinski definition) is 2. The fraction of sp³-hybridized carbons (Fsp3) is 0.625. The van der Waals surface area contributed by atoms with E-state index in [9.17, 15) is 4.79 Å². The highest BCUT2D eigenvalue weighted by Crippen LogP contribution is 2.01. The van der Waals surface area contributed by atoms with Crippen LogP contribution in [-0.4, -0.2) is 17.5 Å². The highest BCUT2D eigenvalue weighted by atomic mass is 16.3. The predicted molar refractivity (Wildman–Crippen MR) is 39.4 cm³/mol. The minimum Gasteiger partial charge on any atom is -0.392 e. The number of terminal acetylenes is 1. The zero-order valence-electron chi connectivity index (χ0n) is 5.92. The van der Waals surface area contributed by atoms with Crippen molar-refractivity contribution in [2.75, 3.05) is 0 Å². The SMILES string of the molecule is C#CCC(O)CCCC=O. The molecule has 0 saturated carbocycles. The van der Waals surface area contributed by atoms with Crippen LogP contribution in [-0.2, 0) is 4.79 Å². The van der Waals surface area contributed by atoms with E-state index in [-0.39, 0.29) is 0 Å². The minimum atomic E-state index is -0.426. The third kappa shape index (κ3) is 5.33. The molecule has 0 aromatic carbocycles. The zero-order chi connectivity index (χ0) is 7.82. The van der Waals surface area contributed by atoms with Crippen molar-refractivity contribution < 1.29 is 9.90 Å². The van der Waals surface area contributed by atoms with Crippen molar-refractivity contribution in [2.45, 2.75) is 31.8 Å². The number of aliphatic hydroxyl groups excluding tert-OH is 1. The van der Waals surface area contributed by atoms with Crippen LogP contribution in [0.15, 0.2) is 0 Å². The maximum absolute atomic E-state index is 9.82. The summed E-state index contributed by atoms with van der Waals surface area (Å²) >= 11 is 0. The third-order valence-corrected chi connectivity index (χ3v) is 1.21. The standard InChI is InChI=1S/C8H12O2/c1-2-5-8(10)6-3-4-7-9/h1,7-8,10H,3-6H2. The lowest BCUT2D eigenvalue weighted by Gasteiger charge is -2.03. The molecule has 0 heterocycles. The van der Waals surface area contributed by atoms with E-state index < -0.39 is 6.10 Å². The number of unbranched alkanes of at least 4 members (excludes halogenated alkanes) is 1. The van der Waals surface area contributed by atoms with Gasteiger partial charge in [-0.25, -0.2) is 0 Å². The number of aliphatic hydroxyl groups is 1. The molecule has 0 aromatic rings. The molecule has 0 rings (SSSR count). The van der Waals surface area contributed by atoms with Gasteiger partial charge in [0.2, 0.25) is 0 Å². The Labute approximate surface area is 61.2 Å². The van der Waals surface area contributed by atoms with E-state index in [1.165, 1.54) is 0 Å². The average Bonchev–Trinajstić information content (AvgIpc) is 1.89. The molecule has 0 saturated heterocycles. The lowest BCUT2D eigenvalue weighted by atomic mass is 10.1. The summed E-state index contributed by atoms with van der Waals surface area (Å²) in [7, 11) is 0. The van der Waals surface area contributed by atoms with Gasteiger partial charge in [0.25, 0.3) is 0 Å². The molecule has 0 aromatic heterocycles. The molecule has 0 aliphatic heterocycles. The van der Waals surface area contributed by atoms with E-state index in [0.717, 1.165) is 12.7 Å². The molecule has 0 aliphatic rings. The van der Waals surface area contributed by atoms with Crippen LogP contribution in [0.1, 0.15) is 25.7 Å². The first kappa shape index (κ1) is 9.19. The van der Waals surface area contributed by atoms with E-state index in [1.54, 1.807) is 0 Å². The van der Waals surface area contributed by atoms with Crippen LogP contribution in [0.25, 0.3) is 0 Å². The van der Waals surface area contributed by atoms with Gasteiger partial charge in [0.1, 0.15) is 6.29 Å². The zero-order valence-corrected chi connectivity index (χ0v) is 5.92. The molecule has 1 N–H and O–H groups in total. The molecular formula is C8H12O2. The molecule has 56 valence electrons. The molecule has 1 atom stereocenters. The van der Waals surface area contributed by atoms with Crippen molar-refractivity contribution in [1.29, 1.82) is 0 Å². The van der Waals surface area contributed by atoms with Crippen LogP contribution in [0.5, 0.6) is 0 Å². The Balaban J connectivity index is 3.14. The largest absolute Gasteiger partial charge is 0.392 e. The molecule has 0 amide bonds. The normalized spacial score (nSPS) is 12.0. The van der Waals surface area contributed by atoms with E-state index in [4.69, 9.17) is 11.5 Å². The molecular weight excluding hydrogens is 128 g/mol. The van der Waals surface area contributed by atoms with Crippen molar-refractivity contribution in [3.8, 4) is 12.3 Å². The monoisotopic (exact) mass is 140 g/mol. The molecule has 10 heavy (non-hydrogen) atoms. The van der Waals surface area contributed by atoms with E-state index in [0.29, 0.717) is 19.3 Å². The second-order valence-corrected chi connectivity index (χ2v) is 2.16. The molecule has 0 bridgehead atoms. The van der Waals surface area contributed by atoms with Gasteiger partial charge in [0, 0.05) is 12.8 Å². The summed E-state index contributed by atoms with van der Waals surface area (Å²) in [6.45, 7) is 0. The molecule has 0 fully saturated rings. The van der Waals surface area contributed by atoms with Crippen LogP contribution < -0.4 is 0 Å². The Morgan fingerprint density at radius 1 is 1.70 bits per heavy atom.